The highest BCUT2D eigenvalue weighted by Gasteiger charge is 2.33. The van der Waals surface area contributed by atoms with Crippen LogP contribution in [0.2, 0.25) is 0 Å². The van der Waals surface area contributed by atoms with Crippen LogP contribution in [0.1, 0.15) is 26.3 Å². The predicted octanol–water partition coefficient (Wildman–Crippen LogP) is 4.39. The maximum absolute atomic E-state index is 12.7. The van der Waals surface area contributed by atoms with Crippen molar-refractivity contribution in [2.45, 2.75) is 32.5 Å². The number of carbonyl (C=O) groups excluding carboxylic acids is 1. The number of anilines is 1. The molecule has 19 heavy (non-hydrogen) atoms. The molecule has 2 N–H and O–H groups in total. The zero-order chi connectivity index (χ0) is 14.8. The molecule has 0 aliphatic carbocycles. The third-order valence-corrected chi connectivity index (χ3v) is 2.71. The lowest BCUT2D eigenvalue weighted by atomic mass is 10.1. The summed E-state index contributed by atoms with van der Waals surface area (Å²) >= 11 is 2.83. The van der Waals surface area contributed by atoms with E-state index in [-0.39, 0.29) is 10.2 Å². The molecule has 0 radical (unpaired) electrons. The second kappa shape index (κ2) is 5.40. The molecule has 0 aliphatic rings. The van der Waals surface area contributed by atoms with Crippen LogP contribution in [0.5, 0.6) is 0 Å². The molecule has 0 heterocycles. The van der Waals surface area contributed by atoms with Gasteiger partial charge in [0.1, 0.15) is 0 Å². The summed E-state index contributed by atoms with van der Waals surface area (Å²) in [6.07, 6.45) is -4.48. The minimum Gasteiger partial charge on any atom is -0.333 e. The minimum absolute atomic E-state index is 0.0678. The van der Waals surface area contributed by atoms with Gasteiger partial charge in [-0.15, -0.1) is 0 Å². The maximum atomic E-state index is 12.7. The highest BCUT2D eigenvalue weighted by Crippen LogP contribution is 2.36. The molecule has 0 fully saturated rings. The molecule has 0 aliphatic heterocycles. The number of halogens is 4. The quantitative estimate of drug-likeness (QED) is 0.783. The van der Waals surface area contributed by atoms with Gasteiger partial charge in [0.05, 0.1) is 5.56 Å². The lowest BCUT2D eigenvalue weighted by Gasteiger charge is -2.21. The van der Waals surface area contributed by atoms with Gasteiger partial charge in [0, 0.05) is 15.7 Å². The van der Waals surface area contributed by atoms with Crippen molar-refractivity contribution < 1.29 is 18.0 Å². The second-order valence-corrected chi connectivity index (χ2v) is 5.88. The van der Waals surface area contributed by atoms with Crippen LogP contribution in [-0.2, 0) is 6.18 Å². The fourth-order valence-corrected chi connectivity index (χ4v) is 1.79. The van der Waals surface area contributed by atoms with E-state index < -0.39 is 23.3 Å². The van der Waals surface area contributed by atoms with E-state index in [0.717, 1.165) is 6.07 Å². The largest absolute Gasteiger partial charge is 0.417 e. The fraction of sp³-hybridized carbons (Fsp3) is 0.417. The normalized spacial score (nSPS) is 12.2. The van der Waals surface area contributed by atoms with Crippen LogP contribution in [0, 0.1) is 0 Å². The molecule has 0 bridgehead atoms. The highest BCUT2D eigenvalue weighted by molar-refractivity contribution is 9.10. The first-order valence-electron chi connectivity index (χ1n) is 5.45. The molecule has 1 aromatic rings. The van der Waals surface area contributed by atoms with Gasteiger partial charge in [-0.1, -0.05) is 15.9 Å². The molecule has 2 amide bonds. The Labute approximate surface area is 117 Å². The molecule has 3 nitrogen and oxygen atoms in total. The van der Waals surface area contributed by atoms with Gasteiger partial charge in [-0.3, -0.25) is 0 Å². The third-order valence-electron chi connectivity index (χ3n) is 2.02. The molecule has 7 heteroatoms. The SMILES string of the molecule is CC(C)(C)NC(=O)Nc1ccc(Br)c(C(F)(F)F)c1. The average molecular weight is 339 g/mol. The Morgan fingerprint density at radius 1 is 1.21 bits per heavy atom. The Bertz CT molecular complexity index is 481. The van der Waals surface area contributed by atoms with E-state index in [1.54, 1.807) is 20.8 Å². The monoisotopic (exact) mass is 338 g/mol. The highest BCUT2D eigenvalue weighted by atomic mass is 79.9. The number of benzene rings is 1. The molecule has 1 aromatic carbocycles. The summed E-state index contributed by atoms with van der Waals surface area (Å²) in [6, 6.07) is 2.96. The van der Waals surface area contributed by atoms with Crippen molar-refractivity contribution in [1.29, 1.82) is 0 Å². The Morgan fingerprint density at radius 2 is 1.79 bits per heavy atom. The van der Waals surface area contributed by atoms with Gasteiger partial charge in [-0.05, 0) is 39.0 Å². The van der Waals surface area contributed by atoms with E-state index in [2.05, 4.69) is 26.6 Å². The van der Waals surface area contributed by atoms with Gasteiger partial charge < -0.3 is 10.6 Å². The van der Waals surface area contributed by atoms with E-state index in [9.17, 15) is 18.0 Å². The van der Waals surface area contributed by atoms with Gasteiger partial charge in [0.25, 0.3) is 0 Å². The van der Waals surface area contributed by atoms with Crippen LogP contribution in [0.3, 0.4) is 0 Å². The van der Waals surface area contributed by atoms with E-state index >= 15 is 0 Å². The summed E-state index contributed by atoms with van der Waals surface area (Å²) in [5.41, 5.74) is -1.22. The molecule has 0 atom stereocenters. The van der Waals surface area contributed by atoms with Crippen molar-refractivity contribution in [3.63, 3.8) is 0 Å². The van der Waals surface area contributed by atoms with Crippen LogP contribution in [-0.4, -0.2) is 11.6 Å². The molecule has 0 aromatic heterocycles. The second-order valence-electron chi connectivity index (χ2n) is 5.02. The molecule has 0 spiro atoms. The van der Waals surface area contributed by atoms with E-state index in [1.165, 1.54) is 12.1 Å². The van der Waals surface area contributed by atoms with Crippen molar-refractivity contribution in [3.8, 4) is 0 Å². The smallest absolute Gasteiger partial charge is 0.333 e. The molecular formula is C12H14BrF3N2O. The average Bonchev–Trinajstić information content (AvgIpc) is 2.16. The van der Waals surface area contributed by atoms with Crippen LogP contribution in [0.25, 0.3) is 0 Å². The van der Waals surface area contributed by atoms with Gasteiger partial charge in [0.2, 0.25) is 0 Å². The number of hydrogen-bond acceptors (Lipinski definition) is 1. The number of carbonyl (C=O) groups is 1. The first-order chi connectivity index (χ1) is 8.49. The molecule has 0 saturated heterocycles. The number of alkyl halides is 3. The van der Waals surface area contributed by atoms with E-state index in [4.69, 9.17) is 0 Å². The number of hydrogen-bond donors (Lipinski definition) is 2. The van der Waals surface area contributed by atoms with Crippen LogP contribution < -0.4 is 10.6 Å². The zero-order valence-electron chi connectivity index (χ0n) is 10.7. The number of amides is 2. The minimum atomic E-state index is -4.48. The van der Waals surface area contributed by atoms with Crippen molar-refractivity contribution in [2.75, 3.05) is 5.32 Å². The van der Waals surface area contributed by atoms with Gasteiger partial charge in [-0.25, -0.2) is 4.79 Å². The van der Waals surface area contributed by atoms with Crippen molar-refractivity contribution >= 4 is 27.6 Å². The summed E-state index contributed by atoms with van der Waals surface area (Å²) in [4.78, 5) is 11.6. The number of nitrogens with one attached hydrogen (secondary N) is 2. The summed E-state index contributed by atoms with van der Waals surface area (Å²) in [6.45, 7) is 5.32. The van der Waals surface area contributed by atoms with Gasteiger partial charge in [-0.2, -0.15) is 13.2 Å². The van der Waals surface area contributed by atoms with Crippen molar-refractivity contribution in [2.24, 2.45) is 0 Å². The molecule has 0 unspecified atom stereocenters. The summed E-state index contributed by atoms with van der Waals surface area (Å²) in [5, 5.41) is 4.96. The topological polar surface area (TPSA) is 41.1 Å². The molecule has 0 saturated carbocycles. The Morgan fingerprint density at radius 3 is 2.26 bits per heavy atom. The first kappa shape index (κ1) is 15.8. The number of urea groups is 1. The van der Waals surface area contributed by atoms with Crippen LogP contribution in [0.15, 0.2) is 22.7 Å². The first-order valence-corrected chi connectivity index (χ1v) is 6.24. The van der Waals surface area contributed by atoms with E-state index in [0.29, 0.717) is 0 Å². The van der Waals surface area contributed by atoms with Crippen molar-refractivity contribution in [3.05, 3.63) is 28.2 Å². The van der Waals surface area contributed by atoms with Gasteiger partial charge in [0.15, 0.2) is 0 Å². The van der Waals surface area contributed by atoms with Crippen LogP contribution in [0.4, 0.5) is 23.7 Å². The Kier molecular flexibility index (Phi) is 4.50. The van der Waals surface area contributed by atoms with Crippen molar-refractivity contribution in [1.82, 2.24) is 5.32 Å². The lowest BCUT2D eigenvalue weighted by molar-refractivity contribution is -0.138. The zero-order valence-corrected chi connectivity index (χ0v) is 12.2. The summed E-state index contributed by atoms with van der Waals surface area (Å²) < 4.78 is 38.0. The molecule has 1 rings (SSSR count). The fourth-order valence-electron chi connectivity index (χ4n) is 1.32. The molecular weight excluding hydrogens is 325 g/mol. The maximum Gasteiger partial charge on any atom is 0.417 e. The Balaban J connectivity index is 2.89. The summed E-state index contributed by atoms with van der Waals surface area (Å²) in [5.74, 6) is 0. The third kappa shape index (κ3) is 5.10. The van der Waals surface area contributed by atoms with E-state index in [1.807, 2.05) is 0 Å². The lowest BCUT2D eigenvalue weighted by Crippen LogP contribution is -2.43. The molecule has 106 valence electrons. The summed E-state index contributed by atoms with van der Waals surface area (Å²) in [7, 11) is 0. The van der Waals surface area contributed by atoms with Gasteiger partial charge >= 0.3 is 12.2 Å². The number of rotatable bonds is 1. The van der Waals surface area contributed by atoms with Crippen LogP contribution >= 0.6 is 15.9 Å². The Hall–Kier alpha value is -1.24. The standard InChI is InChI=1S/C12H14BrF3N2O/c1-11(2,3)18-10(19)17-7-4-5-9(13)8(6-7)12(14,15)16/h4-6H,1-3H3,(H2,17,18,19). The predicted molar refractivity (Wildman–Crippen MR) is 71.1 cm³/mol.